The van der Waals surface area contributed by atoms with Gasteiger partial charge in [-0.3, -0.25) is 0 Å². The third-order valence-corrected chi connectivity index (χ3v) is 5.26. The van der Waals surface area contributed by atoms with Crippen LogP contribution in [0.15, 0.2) is 30.3 Å². The van der Waals surface area contributed by atoms with Gasteiger partial charge in [-0.25, -0.2) is 0 Å². The zero-order valence-electron chi connectivity index (χ0n) is 12.8. The Hall–Kier alpha value is -0.860. The molecule has 0 radical (unpaired) electrons. The van der Waals surface area contributed by atoms with Crippen molar-refractivity contribution in [3.63, 3.8) is 0 Å². The van der Waals surface area contributed by atoms with Gasteiger partial charge in [0.05, 0.1) is 0 Å². The second-order valence-corrected chi connectivity index (χ2v) is 6.15. The smallest absolute Gasteiger partial charge is 0.0352 e. The van der Waals surface area contributed by atoms with Crippen LogP contribution in [0.25, 0.3) is 0 Å². The standard InChI is InChI=1S/C17H28N2/c1-5-17(6-2,19(3)4)16(18)15-12-14(15)13-10-8-7-9-11-13/h7-11,14-16H,5-6,12,18H2,1-4H3. The number of nitrogens with two attached hydrogens (primary N) is 1. The van der Waals surface area contributed by atoms with E-state index < -0.39 is 0 Å². The van der Waals surface area contributed by atoms with E-state index >= 15 is 0 Å². The third kappa shape index (κ3) is 2.56. The summed E-state index contributed by atoms with van der Waals surface area (Å²) in [6.07, 6.45) is 3.49. The Morgan fingerprint density at radius 2 is 1.79 bits per heavy atom. The first-order chi connectivity index (χ1) is 9.06. The van der Waals surface area contributed by atoms with Crippen molar-refractivity contribution in [3.05, 3.63) is 35.9 Å². The highest BCUT2D eigenvalue weighted by Gasteiger charge is 2.50. The molecule has 1 aliphatic carbocycles. The minimum atomic E-state index is 0.147. The summed E-state index contributed by atoms with van der Waals surface area (Å²) in [4.78, 5) is 2.35. The monoisotopic (exact) mass is 260 g/mol. The van der Waals surface area contributed by atoms with Crippen LogP contribution >= 0.6 is 0 Å². The summed E-state index contributed by atoms with van der Waals surface area (Å²) in [7, 11) is 4.35. The number of rotatable bonds is 6. The number of hydrogen-bond donors (Lipinski definition) is 1. The van der Waals surface area contributed by atoms with Gasteiger partial charge in [0.25, 0.3) is 0 Å². The summed E-state index contributed by atoms with van der Waals surface area (Å²) >= 11 is 0. The third-order valence-electron chi connectivity index (χ3n) is 5.26. The first-order valence-electron chi connectivity index (χ1n) is 7.54. The molecule has 1 aromatic rings. The fourth-order valence-corrected chi connectivity index (χ4v) is 3.75. The molecule has 3 unspecified atom stereocenters. The Kier molecular flexibility index (Phi) is 4.32. The number of hydrogen-bond acceptors (Lipinski definition) is 2. The van der Waals surface area contributed by atoms with E-state index in [0.29, 0.717) is 11.8 Å². The summed E-state index contributed by atoms with van der Waals surface area (Å²) in [6, 6.07) is 11.1. The summed E-state index contributed by atoms with van der Waals surface area (Å²) < 4.78 is 0. The second kappa shape index (κ2) is 5.64. The Bertz CT molecular complexity index is 395. The van der Waals surface area contributed by atoms with Crippen LogP contribution in [0, 0.1) is 5.92 Å². The molecule has 2 nitrogen and oxygen atoms in total. The van der Waals surface area contributed by atoms with Gasteiger partial charge in [0, 0.05) is 11.6 Å². The molecule has 0 spiro atoms. The lowest BCUT2D eigenvalue weighted by atomic mass is 9.80. The van der Waals surface area contributed by atoms with Crippen LogP contribution in [0.5, 0.6) is 0 Å². The predicted molar refractivity (Wildman–Crippen MR) is 82.3 cm³/mol. The van der Waals surface area contributed by atoms with Gasteiger partial charge < -0.3 is 10.6 Å². The van der Waals surface area contributed by atoms with E-state index in [4.69, 9.17) is 5.73 Å². The van der Waals surface area contributed by atoms with Crippen molar-refractivity contribution in [1.29, 1.82) is 0 Å². The normalized spacial score (nSPS) is 24.5. The Morgan fingerprint density at radius 1 is 1.21 bits per heavy atom. The molecule has 0 heterocycles. The molecular weight excluding hydrogens is 232 g/mol. The topological polar surface area (TPSA) is 29.3 Å². The number of nitrogens with zero attached hydrogens (tertiary/aromatic N) is 1. The van der Waals surface area contributed by atoms with Crippen LogP contribution in [0.2, 0.25) is 0 Å². The maximum Gasteiger partial charge on any atom is 0.0352 e. The van der Waals surface area contributed by atoms with E-state index in [1.807, 2.05) is 0 Å². The van der Waals surface area contributed by atoms with Crippen molar-refractivity contribution < 1.29 is 0 Å². The van der Waals surface area contributed by atoms with Gasteiger partial charge in [-0.15, -0.1) is 0 Å². The molecule has 19 heavy (non-hydrogen) atoms. The van der Waals surface area contributed by atoms with Crippen molar-refractivity contribution in [1.82, 2.24) is 4.90 Å². The van der Waals surface area contributed by atoms with E-state index in [0.717, 1.165) is 12.8 Å². The highest BCUT2D eigenvalue weighted by atomic mass is 15.2. The van der Waals surface area contributed by atoms with Gasteiger partial charge in [-0.1, -0.05) is 44.2 Å². The molecule has 1 aliphatic rings. The number of likely N-dealkylation sites (N-methyl/N-ethyl adjacent to an activating group) is 1. The largest absolute Gasteiger partial charge is 0.326 e. The molecule has 3 atom stereocenters. The van der Waals surface area contributed by atoms with Gasteiger partial charge >= 0.3 is 0 Å². The molecule has 0 aliphatic heterocycles. The molecule has 1 saturated carbocycles. The molecule has 0 bridgehead atoms. The quantitative estimate of drug-likeness (QED) is 0.851. The summed E-state index contributed by atoms with van der Waals surface area (Å²) in [5, 5.41) is 0. The van der Waals surface area contributed by atoms with Crippen molar-refractivity contribution in [2.24, 2.45) is 11.7 Å². The second-order valence-electron chi connectivity index (χ2n) is 6.15. The maximum atomic E-state index is 6.67. The van der Waals surface area contributed by atoms with E-state index in [9.17, 15) is 0 Å². The molecule has 0 saturated heterocycles. The zero-order valence-corrected chi connectivity index (χ0v) is 12.8. The SMILES string of the molecule is CCC(CC)(C(N)C1CC1c1ccccc1)N(C)C. The number of benzene rings is 1. The molecule has 1 fully saturated rings. The minimum Gasteiger partial charge on any atom is -0.326 e. The highest BCUT2D eigenvalue weighted by molar-refractivity contribution is 5.27. The minimum absolute atomic E-state index is 0.147. The van der Waals surface area contributed by atoms with Crippen molar-refractivity contribution >= 4 is 0 Å². The Morgan fingerprint density at radius 3 is 2.26 bits per heavy atom. The van der Waals surface area contributed by atoms with Crippen LogP contribution in [0.1, 0.15) is 44.6 Å². The van der Waals surface area contributed by atoms with E-state index in [-0.39, 0.29) is 11.6 Å². The molecule has 2 N–H and O–H groups in total. The van der Waals surface area contributed by atoms with E-state index in [1.165, 1.54) is 12.0 Å². The zero-order chi connectivity index (χ0) is 14.0. The van der Waals surface area contributed by atoms with Crippen LogP contribution in [0.4, 0.5) is 0 Å². The lowest BCUT2D eigenvalue weighted by molar-refractivity contribution is 0.0954. The van der Waals surface area contributed by atoms with Crippen molar-refractivity contribution in [2.45, 2.75) is 50.6 Å². The van der Waals surface area contributed by atoms with Crippen LogP contribution in [0.3, 0.4) is 0 Å². The first kappa shape index (κ1) is 14.5. The van der Waals surface area contributed by atoms with Gasteiger partial charge in [0.15, 0.2) is 0 Å². The molecule has 106 valence electrons. The van der Waals surface area contributed by atoms with Gasteiger partial charge in [-0.2, -0.15) is 0 Å². The molecular formula is C17H28N2. The molecule has 1 aromatic carbocycles. The molecule has 0 amide bonds. The average molecular weight is 260 g/mol. The Labute approximate surface area is 118 Å². The molecule has 0 aromatic heterocycles. The van der Waals surface area contributed by atoms with Gasteiger partial charge in [0.1, 0.15) is 0 Å². The molecule has 2 heteroatoms. The lowest BCUT2D eigenvalue weighted by Crippen LogP contribution is -2.58. The maximum absolute atomic E-state index is 6.67. The summed E-state index contributed by atoms with van der Waals surface area (Å²) in [6.45, 7) is 4.53. The average Bonchev–Trinajstić information content (AvgIpc) is 3.21. The lowest BCUT2D eigenvalue weighted by Gasteiger charge is -2.44. The molecule has 2 rings (SSSR count). The van der Waals surface area contributed by atoms with E-state index in [1.54, 1.807) is 0 Å². The predicted octanol–water partition coefficient (Wildman–Crippen LogP) is 3.24. The Balaban J connectivity index is 2.11. The van der Waals surface area contributed by atoms with Crippen molar-refractivity contribution in [3.8, 4) is 0 Å². The van der Waals surface area contributed by atoms with Gasteiger partial charge in [-0.05, 0) is 50.8 Å². The van der Waals surface area contributed by atoms with E-state index in [2.05, 4.69) is 63.2 Å². The van der Waals surface area contributed by atoms with Crippen molar-refractivity contribution in [2.75, 3.05) is 14.1 Å². The fourth-order valence-electron chi connectivity index (χ4n) is 3.75. The van der Waals surface area contributed by atoms with Gasteiger partial charge in [0.2, 0.25) is 0 Å². The fraction of sp³-hybridized carbons (Fsp3) is 0.647. The van der Waals surface area contributed by atoms with Crippen LogP contribution in [-0.4, -0.2) is 30.6 Å². The summed E-state index contributed by atoms with van der Waals surface area (Å²) in [5.74, 6) is 1.32. The highest BCUT2D eigenvalue weighted by Crippen LogP contribution is 2.52. The van der Waals surface area contributed by atoms with Crippen LogP contribution in [-0.2, 0) is 0 Å². The van der Waals surface area contributed by atoms with Crippen LogP contribution < -0.4 is 5.73 Å². The first-order valence-corrected chi connectivity index (χ1v) is 7.54. The summed E-state index contributed by atoms with van der Waals surface area (Å²) in [5.41, 5.74) is 8.27.